The molecule has 3 heteroatoms. The Morgan fingerprint density at radius 3 is 2.82 bits per heavy atom. The summed E-state index contributed by atoms with van der Waals surface area (Å²) in [4.78, 5) is 6.73. The number of fused-ring (bicyclic) bond motifs is 1. The van der Waals surface area contributed by atoms with Crippen molar-refractivity contribution in [2.24, 2.45) is 5.73 Å². The van der Waals surface area contributed by atoms with Crippen molar-refractivity contribution in [3.05, 3.63) is 42.1 Å². The molecule has 0 aliphatic heterocycles. The Bertz CT molecular complexity index is 476. The Kier molecular flexibility index (Phi) is 4.07. The number of likely N-dealkylation sites (N-methyl/N-ethyl adjacent to an activating group) is 1. The van der Waals surface area contributed by atoms with Gasteiger partial charge in [-0.25, -0.2) is 0 Å². The molecule has 2 N–H and O–H groups in total. The maximum Gasteiger partial charge on any atom is 0.0705 e. The third-order valence-electron chi connectivity index (χ3n) is 3.03. The summed E-state index contributed by atoms with van der Waals surface area (Å²) >= 11 is 0. The summed E-state index contributed by atoms with van der Waals surface area (Å²) in [5.74, 6) is 0. The van der Waals surface area contributed by atoms with Crippen LogP contribution in [-0.4, -0.2) is 29.5 Å². The van der Waals surface area contributed by atoms with E-state index in [2.05, 4.69) is 41.1 Å². The summed E-state index contributed by atoms with van der Waals surface area (Å²) in [5, 5.41) is 1.24. The molecule has 3 nitrogen and oxygen atoms in total. The van der Waals surface area contributed by atoms with E-state index in [1.165, 1.54) is 10.9 Å². The van der Waals surface area contributed by atoms with Crippen molar-refractivity contribution in [2.75, 3.05) is 19.6 Å². The lowest BCUT2D eigenvalue weighted by atomic mass is 10.1. The fraction of sp³-hybridized carbons (Fsp3) is 0.357. The zero-order valence-electron chi connectivity index (χ0n) is 10.3. The lowest BCUT2D eigenvalue weighted by molar-refractivity contribution is 0.289. The molecule has 1 heterocycles. The van der Waals surface area contributed by atoms with E-state index in [-0.39, 0.29) is 0 Å². The quantitative estimate of drug-likeness (QED) is 0.853. The topological polar surface area (TPSA) is 42.1 Å². The van der Waals surface area contributed by atoms with Crippen LogP contribution in [0.1, 0.15) is 12.5 Å². The molecule has 0 aliphatic rings. The van der Waals surface area contributed by atoms with Gasteiger partial charge in [0.15, 0.2) is 0 Å². The van der Waals surface area contributed by atoms with E-state index in [1.807, 2.05) is 12.3 Å². The monoisotopic (exact) mass is 229 g/mol. The number of aromatic nitrogens is 1. The first-order chi connectivity index (χ1) is 8.35. The summed E-state index contributed by atoms with van der Waals surface area (Å²) in [5.41, 5.74) is 8.01. The average molecular weight is 229 g/mol. The molecule has 2 rings (SSSR count). The number of hydrogen-bond donors (Lipinski definition) is 1. The van der Waals surface area contributed by atoms with Crippen molar-refractivity contribution >= 4 is 10.9 Å². The molecule has 1 aromatic carbocycles. The van der Waals surface area contributed by atoms with Crippen LogP contribution in [0.5, 0.6) is 0 Å². The summed E-state index contributed by atoms with van der Waals surface area (Å²) in [6.07, 6.45) is 1.88. The first-order valence-corrected chi connectivity index (χ1v) is 6.10. The fourth-order valence-electron chi connectivity index (χ4n) is 2.07. The highest BCUT2D eigenvalue weighted by Crippen LogP contribution is 2.17. The maximum absolute atomic E-state index is 5.62. The van der Waals surface area contributed by atoms with Crippen molar-refractivity contribution in [1.29, 1.82) is 0 Å². The van der Waals surface area contributed by atoms with E-state index in [1.54, 1.807) is 0 Å². The lowest BCUT2D eigenvalue weighted by Crippen LogP contribution is -2.28. The molecule has 0 spiro atoms. The molecule has 90 valence electrons. The van der Waals surface area contributed by atoms with Gasteiger partial charge in [-0.3, -0.25) is 9.88 Å². The maximum atomic E-state index is 5.62. The van der Waals surface area contributed by atoms with Gasteiger partial charge in [0.05, 0.1) is 5.52 Å². The van der Waals surface area contributed by atoms with Crippen molar-refractivity contribution in [3.63, 3.8) is 0 Å². The van der Waals surface area contributed by atoms with Gasteiger partial charge in [-0.2, -0.15) is 0 Å². The van der Waals surface area contributed by atoms with E-state index in [0.29, 0.717) is 6.54 Å². The number of pyridine rings is 1. The number of benzene rings is 1. The molecule has 1 aromatic heterocycles. The SMILES string of the molecule is CCN(CCN)Cc1ccnc2ccccc12. The molecule has 0 saturated carbocycles. The van der Waals surface area contributed by atoms with E-state index in [0.717, 1.165) is 25.2 Å². The van der Waals surface area contributed by atoms with Gasteiger partial charge in [0.1, 0.15) is 0 Å². The summed E-state index contributed by atoms with van der Waals surface area (Å²) in [6.45, 7) is 5.77. The van der Waals surface area contributed by atoms with Crippen molar-refractivity contribution in [2.45, 2.75) is 13.5 Å². The Morgan fingerprint density at radius 2 is 2.06 bits per heavy atom. The van der Waals surface area contributed by atoms with E-state index >= 15 is 0 Å². The number of para-hydroxylation sites is 1. The first kappa shape index (κ1) is 12.0. The standard InChI is InChI=1S/C14H19N3/c1-2-17(10-8-15)11-12-7-9-16-14-6-4-3-5-13(12)14/h3-7,9H,2,8,10-11,15H2,1H3. The average Bonchev–Trinajstić information content (AvgIpc) is 2.38. The van der Waals surface area contributed by atoms with Crippen molar-refractivity contribution < 1.29 is 0 Å². The minimum absolute atomic E-state index is 0.705. The zero-order valence-corrected chi connectivity index (χ0v) is 10.3. The van der Waals surface area contributed by atoms with Gasteiger partial charge in [0, 0.05) is 31.2 Å². The van der Waals surface area contributed by atoms with Crippen LogP contribution in [0.2, 0.25) is 0 Å². The van der Waals surface area contributed by atoms with Crippen LogP contribution in [0.4, 0.5) is 0 Å². The number of nitrogens with two attached hydrogens (primary N) is 1. The zero-order chi connectivity index (χ0) is 12.1. The van der Waals surface area contributed by atoms with Gasteiger partial charge in [-0.1, -0.05) is 25.1 Å². The second-order valence-corrected chi connectivity index (χ2v) is 4.14. The molecule has 0 amide bonds. The minimum atomic E-state index is 0.705. The van der Waals surface area contributed by atoms with Gasteiger partial charge in [0.25, 0.3) is 0 Å². The third kappa shape index (κ3) is 2.81. The second-order valence-electron chi connectivity index (χ2n) is 4.14. The minimum Gasteiger partial charge on any atom is -0.329 e. The molecular weight excluding hydrogens is 210 g/mol. The Hall–Kier alpha value is -1.45. The van der Waals surface area contributed by atoms with Crippen LogP contribution in [0.3, 0.4) is 0 Å². The summed E-state index contributed by atoms with van der Waals surface area (Å²) < 4.78 is 0. The molecule has 0 bridgehead atoms. The summed E-state index contributed by atoms with van der Waals surface area (Å²) in [6, 6.07) is 10.4. The Balaban J connectivity index is 2.28. The summed E-state index contributed by atoms with van der Waals surface area (Å²) in [7, 11) is 0. The van der Waals surface area contributed by atoms with E-state index in [9.17, 15) is 0 Å². The van der Waals surface area contributed by atoms with Crippen LogP contribution >= 0.6 is 0 Å². The lowest BCUT2D eigenvalue weighted by Gasteiger charge is -2.20. The van der Waals surface area contributed by atoms with Gasteiger partial charge in [-0.15, -0.1) is 0 Å². The highest BCUT2D eigenvalue weighted by molar-refractivity contribution is 5.81. The van der Waals surface area contributed by atoms with Gasteiger partial charge < -0.3 is 5.73 Å². The van der Waals surface area contributed by atoms with Gasteiger partial charge in [0.2, 0.25) is 0 Å². The third-order valence-corrected chi connectivity index (χ3v) is 3.03. The van der Waals surface area contributed by atoms with Crippen LogP contribution in [0, 0.1) is 0 Å². The number of hydrogen-bond acceptors (Lipinski definition) is 3. The van der Waals surface area contributed by atoms with Crippen LogP contribution in [0.15, 0.2) is 36.5 Å². The molecule has 17 heavy (non-hydrogen) atoms. The predicted molar refractivity (Wildman–Crippen MR) is 71.7 cm³/mol. The molecule has 0 saturated heterocycles. The normalized spacial score (nSPS) is 11.2. The van der Waals surface area contributed by atoms with Crippen LogP contribution < -0.4 is 5.73 Å². The van der Waals surface area contributed by atoms with Crippen molar-refractivity contribution in [1.82, 2.24) is 9.88 Å². The smallest absolute Gasteiger partial charge is 0.0705 e. The molecule has 0 unspecified atom stereocenters. The van der Waals surface area contributed by atoms with Crippen molar-refractivity contribution in [3.8, 4) is 0 Å². The molecule has 2 aromatic rings. The number of rotatable bonds is 5. The predicted octanol–water partition coefficient (Wildman–Crippen LogP) is 2.02. The Labute approximate surface area is 102 Å². The van der Waals surface area contributed by atoms with Gasteiger partial charge in [-0.05, 0) is 24.2 Å². The molecule has 0 atom stereocenters. The number of nitrogens with zero attached hydrogens (tertiary/aromatic N) is 2. The van der Waals surface area contributed by atoms with E-state index in [4.69, 9.17) is 5.73 Å². The Morgan fingerprint density at radius 1 is 1.24 bits per heavy atom. The fourth-order valence-corrected chi connectivity index (χ4v) is 2.07. The van der Waals surface area contributed by atoms with Crippen LogP contribution in [-0.2, 0) is 6.54 Å². The largest absolute Gasteiger partial charge is 0.329 e. The second kappa shape index (κ2) is 5.75. The highest BCUT2D eigenvalue weighted by atomic mass is 15.1. The molecule has 0 fully saturated rings. The van der Waals surface area contributed by atoms with Crippen LogP contribution in [0.25, 0.3) is 10.9 Å². The molecule has 0 radical (unpaired) electrons. The molecular formula is C14H19N3. The highest BCUT2D eigenvalue weighted by Gasteiger charge is 2.06. The molecule has 0 aliphatic carbocycles. The van der Waals surface area contributed by atoms with E-state index < -0.39 is 0 Å². The van der Waals surface area contributed by atoms with Gasteiger partial charge >= 0.3 is 0 Å². The first-order valence-electron chi connectivity index (χ1n) is 6.10.